The molecule has 0 bridgehead atoms. The summed E-state index contributed by atoms with van der Waals surface area (Å²) in [6.07, 6.45) is 1.04. The van der Waals surface area contributed by atoms with Crippen molar-refractivity contribution in [2.75, 3.05) is 17.4 Å². The number of nitro benzene ring substituents is 1. The van der Waals surface area contributed by atoms with Crippen molar-refractivity contribution in [1.82, 2.24) is 10.2 Å². The summed E-state index contributed by atoms with van der Waals surface area (Å²) in [5.41, 5.74) is 0.646. The van der Waals surface area contributed by atoms with Crippen LogP contribution in [-0.4, -0.2) is 49.2 Å². The molecule has 3 rings (SSSR count). The number of amides is 2. The predicted molar refractivity (Wildman–Crippen MR) is 148 cm³/mol. The van der Waals surface area contributed by atoms with E-state index in [4.69, 9.17) is 0 Å². The number of hydrogen-bond donors (Lipinski definition) is 1. The van der Waals surface area contributed by atoms with Gasteiger partial charge in [-0.3, -0.25) is 24.0 Å². The Balaban J connectivity index is 2.04. The number of nitro groups is 1. The minimum Gasteiger partial charge on any atom is -0.354 e. The van der Waals surface area contributed by atoms with E-state index < -0.39 is 33.4 Å². The molecule has 1 unspecified atom stereocenters. The number of hydrogen-bond acceptors (Lipinski definition) is 6. The number of anilines is 1. The van der Waals surface area contributed by atoms with Crippen LogP contribution in [0.4, 0.5) is 11.4 Å². The van der Waals surface area contributed by atoms with E-state index in [1.165, 1.54) is 41.3 Å². The van der Waals surface area contributed by atoms with Gasteiger partial charge in [-0.1, -0.05) is 62.4 Å². The van der Waals surface area contributed by atoms with Crippen LogP contribution in [0.15, 0.2) is 89.8 Å². The quantitative estimate of drug-likeness (QED) is 0.251. The molecule has 0 aliphatic heterocycles. The number of carbonyl (C=O) groups is 2. The molecule has 0 saturated heterocycles. The van der Waals surface area contributed by atoms with Gasteiger partial charge in [0.25, 0.3) is 15.7 Å². The van der Waals surface area contributed by atoms with Crippen LogP contribution in [0.25, 0.3) is 0 Å². The Hall–Kier alpha value is -4.25. The topological polar surface area (TPSA) is 130 Å². The first-order chi connectivity index (χ1) is 18.7. The molecule has 1 N–H and O–H groups in total. The van der Waals surface area contributed by atoms with Gasteiger partial charge in [0, 0.05) is 25.2 Å². The number of nitrogens with zero attached hydrogens (tertiary/aromatic N) is 3. The molecule has 0 heterocycles. The number of carbonyl (C=O) groups excluding carboxylic acids is 2. The molecule has 1 atom stereocenters. The third kappa shape index (κ3) is 7.41. The zero-order valence-corrected chi connectivity index (χ0v) is 22.7. The van der Waals surface area contributed by atoms with Crippen LogP contribution in [0, 0.1) is 10.1 Å². The van der Waals surface area contributed by atoms with Gasteiger partial charge in [0.15, 0.2) is 0 Å². The number of sulfonamides is 1. The van der Waals surface area contributed by atoms with E-state index in [1.807, 2.05) is 37.3 Å². The van der Waals surface area contributed by atoms with E-state index in [9.17, 15) is 28.1 Å². The third-order valence-electron chi connectivity index (χ3n) is 6.09. The van der Waals surface area contributed by atoms with Crippen LogP contribution in [-0.2, 0) is 26.2 Å². The average Bonchev–Trinajstić information content (AvgIpc) is 2.95. The molecule has 0 radical (unpaired) electrons. The molecule has 10 nitrogen and oxygen atoms in total. The summed E-state index contributed by atoms with van der Waals surface area (Å²) < 4.78 is 28.4. The zero-order chi connectivity index (χ0) is 28.4. The molecule has 0 aliphatic carbocycles. The minimum atomic E-state index is -4.24. The smallest absolute Gasteiger partial charge is 0.269 e. The van der Waals surface area contributed by atoms with Crippen LogP contribution >= 0.6 is 0 Å². The van der Waals surface area contributed by atoms with E-state index in [0.29, 0.717) is 13.0 Å². The van der Waals surface area contributed by atoms with Crippen molar-refractivity contribution in [2.24, 2.45) is 0 Å². The van der Waals surface area contributed by atoms with Gasteiger partial charge in [0.05, 0.1) is 15.5 Å². The fourth-order valence-electron chi connectivity index (χ4n) is 4.05. The number of benzene rings is 3. The SMILES string of the molecule is CCCNC(=O)C(CC)N(Cc1ccccc1)C(=O)CN(c1ccc([N+](=O)[O-])cc1)S(=O)(=O)c1ccccc1. The highest BCUT2D eigenvalue weighted by Crippen LogP contribution is 2.26. The lowest BCUT2D eigenvalue weighted by molar-refractivity contribution is -0.384. The summed E-state index contributed by atoms with van der Waals surface area (Å²) in [6, 6.07) is 20.9. The fraction of sp³-hybridized carbons (Fsp3) is 0.286. The Morgan fingerprint density at radius 1 is 0.923 bits per heavy atom. The van der Waals surface area contributed by atoms with Crippen LogP contribution < -0.4 is 9.62 Å². The maximum atomic E-state index is 13.9. The van der Waals surface area contributed by atoms with Gasteiger partial charge in [-0.2, -0.15) is 0 Å². The van der Waals surface area contributed by atoms with Gasteiger partial charge in [-0.05, 0) is 42.7 Å². The number of non-ortho nitro benzene ring substituents is 1. The van der Waals surface area contributed by atoms with Crippen LogP contribution in [0.1, 0.15) is 32.3 Å². The molecule has 0 saturated carbocycles. The van der Waals surface area contributed by atoms with Crippen molar-refractivity contribution < 1.29 is 22.9 Å². The van der Waals surface area contributed by atoms with Crippen molar-refractivity contribution in [3.05, 3.63) is 101 Å². The lowest BCUT2D eigenvalue weighted by atomic mass is 10.1. The molecule has 39 heavy (non-hydrogen) atoms. The lowest BCUT2D eigenvalue weighted by Crippen LogP contribution is -2.52. The second-order valence-corrected chi connectivity index (χ2v) is 10.7. The third-order valence-corrected chi connectivity index (χ3v) is 7.88. The first kappa shape index (κ1) is 29.3. The monoisotopic (exact) mass is 552 g/mol. The van der Waals surface area contributed by atoms with E-state index in [-0.39, 0.29) is 28.7 Å². The second-order valence-electron chi connectivity index (χ2n) is 8.82. The number of nitrogens with one attached hydrogen (secondary N) is 1. The van der Waals surface area contributed by atoms with Crippen molar-refractivity contribution in [1.29, 1.82) is 0 Å². The molecular weight excluding hydrogens is 520 g/mol. The molecule has 0 fully saturated rings. The van der Waals surface area contributed by atoms with Gasteiger partial charge in [0.1, 0.15) is 12.6 Å². The van der Waals surface area contributed by atoms with Crippen molar-refractivity contribution >= 4 is 33.2 Å². The zero-order valence-electron chi connectivity index (χ0n) is 21.9. The summed E-state index contributed by atoms with van der Waals surface area (Å²) in [6.45, 7) is 3.64. The summed E-state index contributed by atoms with van der Waals surface area (Å²) >= 11 is 0. The van der Waals surface area contributed by atoms with Gasteiger partial charge >= 0.3 is 0 Å². The van der Waals surface area contributed by atoms with E-state index in [0.717, 1.165) is 16.3 Å². The lowest BCUT2D eigenvalue weighted by Gasteiger charge is -2.33. The summed E-state index contributed by atoms with van der Waals surface area (Å²) in [5.74, 6) is -0.911. The maximum Gasteiger partial charge on any atom is 0.269 e. The Bertz CT molecular complexity index is 1370. The van der Waals surface area contributed by atoms with Crippen molar-refractivity contribution in [3.8, 4) is 0 Å². The molecule has 3 aromatic rings. The van der Waals surface area contributed by atoms with Crippen molar-refractivity contribution in [3.63, 3.8) is 0 Å². The Labute approximate surface area is 228 Å². The maximum absolute atomic E-state index is 13.9. The summed E-state index contributed by atoms with van der Waals surface area (Å²) in [7, 11) is -4.24. The Morgan fingerprint density at radius 2 is 1.51 bits per heavy atom. The summed E-state index contributed by atoms with van der Waals surface area (Å²) in [5, 5.41) is 14.0. The standard InChI is InChI=1S/C28H32N4O6S/c1-3-19-29-28(34)26(4-2)30(20-22-11-7-5-8-12-22)27(33)21-31(23-15-17-24(18-16-23)32(35)36)39(37,38)25-13-9-6-10-14-25/h5-18,26H,3-4,19-21H2,1-2H3,(H,29,34). The number of rotatable bonds is 13. The minimum absolute atomic E-state index is 0.0431. The van der Waals surface area contributed by atoms with Crippen molar-refractivity contribution in [2.45, 2.75) is 44.2 Å². The normalized spacial score (nSPS) is 11.8. The first-order valence-corrected chi connectivity index (χ1v) is 14.1. The van der Waals surface area contributed by atoms with E-state index in [2.05, 4.69) is 5.32 Å². The Morgan fingerprint density at radius 3 is 2.05 bits per heavy atom. The highest BCUT2D eigenvalue weighted by molar-refractivity contribution is 7.92. The Kier molecular flexibility index (Phi) is 10.2. The van der Waals surface area contributed by atoms with Crippen LogP contribution in [0.5, 0.6) is 0 Å². The molecule has 0 aromatic heterocycles. The average molecular weight is 553 g/mol. The largest absolute Gasteiger partial charge is 0.354 e. The molecule has 11 heteroatoms. The highest BCUT2D eigenvalue weighted by Gasteiger charge is 2.33. The van der Waals surface area contributed by atoms with Gasteiger partial charge in [-0.15, -0.1) is 0 Å². The molecule has 3 aromatic carbocycles. The van der Waals surface area contributed by atoms with Gasteiger partial charge in [-0.25, -0.2) is 8.42 Å². The van der Waals surface area contributed by atoms with Gasteiger partial charge < -0.3 is 10.2 Å². The van der Waals surface area contributed by atoms with E-state index in [1.54, 1.807) is 25.1 Å². The molecule has 0 aliphatic rings. The molecule has 2 amide bonds. The highest BCUT2D eigenvalue weighted by atomic mass is 32.2. The van der Waals surface area contributed by atoms with E-state index >= 15 is 0 Å². The fourth-order valence-corrected chi connectivity index (χ4v) is 5.49. The van der Waals surface area contributed by atoms with Gasteiger partial charge in [0.2, 0.25) is 11.8 Å². The second kappa shape index (κ2) is 13.5. The molecule has 0 spiro atoms. The van der Waals surface area contributed by atoms with Crippen LogP contribution in [0.3, 0.4) is 0 Å². The molecule has 206 valence electrons. The molecular formula is C28H32N4O6S. The van der Waals surface area contributed by atoms with Crippen LogP contribution in [0.2, 0.25) is 0 Å². The predicted octanol–water partition coefficient (Wildman–Crippen LogP) is 4.12. The summed E-state index contributed by atoms with van der Waals surface area (Å²) in [4.78, 5) is 38.9. The first-order valence-electron chi connectivity index (χ1n) is 12.6.